The number of para-hydroxylation sites is 1. The Morgan fingerprint density at radius 1 is 1.04 bits per heavy atom. The fourth-order valence-electron chi connectivity index (χ4n) is 2.93. The van der Waals surface area contributed by atoms with E-state index in [9.17, 15) is 9.59 Å². The van der Waals surface area contributed by atoms with Gasteiger partial charge in [-0.2, -0.15) is 0 Å². The Hall–Kier alpha value is -2.82. The minimum atomic E-state index is -0.603. The van der Waals surface area contributed by atoms with Gasteiger partial charge in [0.2, 0.25) is 5.91 Å². The summed E-state index contributed by atoms with van der Waals surface area (Å²) in [4.78, 5) is 24.2. The van der Waals surface area contributed by atoms with E-state index in [4.69, 9.17) is 4.74 Å². The van der Waals surface area contributed by atoms with Crippen LogP contribution in [-0.4, -0.2) is 31.0 Å². The zero-order valence-corrected chi connectivity index (χ0v) is 14.9. The monoisotopic (exact) mass is 352 g/mol. The summed E-state index contributed by atoms with van der Waals surface area (Å²) < 4.78 is 5.39. The van der Waals surface area contributed by atoms with E-state index in [-0.39, 0.29) is 23.8 Å². The van der Waals surface area contributed by atoms with Crippen molar-refractivity contribution in [3.63, 3.8) is 0 Å². The van der Waals surface area contributed by atoms with Crippen LogP contribution in [0.2, 0.25) is 0 Å². The largest absolute Gasteiger partial charge is 0.484 e. The first kappa shape index (κ1) is 18.0. The number of benzene rings is 2. The summed E-state index contributed by atoms with van der Waals surface area (Å²) >= 11 is 0. The van der Waals surface area contributed by atoms with Crippen molar-refractivity contribution in [1.29, 1.82) is 0 Å². The molecule has 1 atom stereocenters. The topological polar surface area (TPSA) is 67.4 Å². The van der Waals surface area contributed by atoms with Crippen molar-refractivity contribution in [1.82, 2.24) is 10.6 Å². The van der Waals surface area contributed by atoms with Crippen molar-refractivity contribution in [3.8, 4) is 5.75 Å². The molecule has 2 amide bonds. The molecule has 0 aliphatic heterocycles. The van der Waals surface area contributed by atoms with E-state index in [2.05, 4.69) is 22.8 Å². The van der Waals surface area contributed by atoms with Crippen LogP contribution in [0.4, 0.5) is 0 Å². The Morgan fingerprint density at radius 3 is 2.27 bits per heavy atom. The van der Waals surface area contributed by atoms with E-state index in [1.165, 1.54) is 5.56 Å². The Balaban J connectivity index is 1.42. The SMILES string of the molecule is C[C@@H](NC(=O)COc1ccccc1)C(=O)NCC1(c2ccccc2)CC1. The van der Waals surface area contributed by atoms with Gasteiger partial charge in [0.05, 0.1) is 0 Å². The van der Waals surface area contributed by atoms with Gasteiger partial charge in [-0.15, -0.1) is 0 Å². The number of carbonyl (C=O) groups is 2. The number of carbonyl (C=O) groups excluding carboxylic acids is 2. The lowest BCUT2D eigenvalue weighted by molar-refractivity contribution is -0.129. The second kappa shape index (κ2) is 8.04. The molecule has 2 aromatic rings. The van der Waals surface area contributed by atoms with Crippen molar-refractivity contribution < 1.29 is 14.3 Å². The molecule has 3 rings (SSSR count). The number of hydrogen-bond acceptors (Lipinski definition) is 3. The predicted molar refractivity (Wildman–Crippen MR) is 99.9 cm³/mol. The first-order valence-electron chi connectivity index (χ1n) is 8.89. The van der Waals surface area contributed by atoms with Gasteiger partial charge in [0.1, 0.15) is 11.8 Å². The standard InChI is InChI=1S/C21H24N2O3/c1-16(23-19(24)14-26-18-10-6-3-7-11-18)20(25)22-15-21(12-13-21)17-8-4-2-5-9-17/h2-11,16H,12-15H2,1H3,(H,22,25)(H,23,24)/t16-/m1/s1. The summed E-state index contributed by atoms with van der Waals surface area (Å²) in [5.41, 5.74) is 1.31. The lowest BCUT2D eigenvalue weighted by Gasteiger charge is -2.19. The zero-order valence-electron chi connectivity index (χ0n) is 14.9. The van der Waals surface area contributed by atoms with Crippen molar-refractivity contribution in [2.24, 2.45) is 0 Å². The number of nitrogens with one attached hydrogen (secondary N) is 2. The molecule has 1 aliphatic rings. The number of hydrogen-bond donors (Lipinski definition) is 2. The van der Waals surface area contributed by atoms with Gasteiger partial charge in [-0.3, -0.25) is 9.59 Å². The fraction of sp³-hybridized carbons (Fsp3) is 0.333. The maximum atomic E-state index is 12.3. The molecular weight excluding hydrogens is 328 g/mol. The molecule has 2 aromatic carbocycles. The van der Waals surface area contributed by atoms with Crippen LogP contribution >= 0.6 is 0 Å². The summed E-state index contributed by atoms with van der Waals surface area (Å²) in [5.74, 6) is 0.124. The molecule has 0 saturated heterocycles. The van der Waals surface area contributed by atoms with Crippen LogP contribution < -0.4 is 15.4 Å². The first-order chi connectivity index (χ1) is 12.6. The zero-order chi connectivity index (χ0) is 18.4. The second-order valence-corrected chi connectivity index (χ2v) is 6.76. The van der Waals surface area contributed by atoms with E-state index in [0.29, 0.717) is 12.3 Å². The summed E-state index contributed by atoms with van der Waals surface area (Å²) in [5, 5.41) is 5.64. The van der Waals surface area contributed by atoms with Crippen LogP contribution in [0.5, 0.6) is 5.75 Å². The van der Waals surface area contributed by atoms with E-state index in [1.807, 2.05) is 36.4 Å². The summed E-state index contributed by atoms with van der Waals surface area (Å²) in [6.45, 7) is 2.16. The third-order valence-corrected chi connectivity index (χ3v) is 4.72. The van der Waals surface area contributed by atoms with Crippen LogP contribution in [0.25, 0.3) is 0 Å². The van der Waals surface area contributed by atoms with Crippen LogP contribution in [0.3, 0.4) is 0 Å². The molecule has 1 saturated carbocycles. The fourth-order valence-corrected chi connectivity index (χ4v) is 2.93. The van der Waals surface area contributed by atoms with Gasteiger partial charge >= 0.3 is 0 Å². The molecule has 1 fully saturated rings. The van der Waals surface area contributed by atoms with Crippen molar-refractivity contribution in [3.05, 3.63) is 66.2 Å². The maximum Gasteiger partial charge on any atom is 0.258 e. The molecule has 0 bridgehead atoms. The highest BCUT2D eigenvalue weighted by atomic mass is 16.5. The van der Waals surface area contributed by atoms with E-state index in [1.54, 1.807) is 19.1 Å². The van der Waals surface area contributed by atoms with Gasteiger partial charge in [-0.1, -0.05) is 48.5 Å². The number of amides is 2. The van der Waals surface area contributed by atoms with Crippen molar-refractivity contribution >= 4 is 11.8 Å². The van der Waals surface area contributed by atoms with E-state index in [0.717, 1.165) is 12.8 Å². The van der Waals surface area contributed by atoms with Crippen LogP contribution in [0, 0.1) is 0 Å². The highest BCUT2D eigenvalue weighted by Gasteiger charge is 2.44. The summed E-state index contributed by atoms with van der Waals surface area (Å²) in [7, 11) is 0. The molecular formula is C21H24N2O3. The smallest absolute Gasteiger partial charge is 0.258 e. The molecule has 0 spiro atoms. The first-order valence-corrected chi connectivity index (χ1v) is 8.89. The minimum absolute atomic E-state index is 0.0526. The third-order valence-electron chi connectivity index (χ3n) is 4.72. The van der Waals surface area contributed by atoms with Crippen LogP contribution in [0.15, 0.2) is 60.7 Å². The quantitative estimate of drug-likeness (QED) is 0.767. The molecule has 5 nitrogen and oxygen atoms in total. The van der Waals surface area contributed by atoms with Gasteiger partial charge in [-0.25, -0.2) is 0 Å². The van der Waals surface area contributed by atoms with Crippen LogP contribution in [0.1, 0.15) is 25.3 Å². The number of rotatable bonds is 8. The highest BCUT2D eigenvalue weighted by molar-refractivity contribution is 5.87. The van der Waals surface area contributed by atoms with E-state index >= 15 is 0 Å². The van der Waals surface area contributed by atoms with Crippen molar-refractivity contribution in [2.75, 3.05) is 13.2 Å². The van der Waals surface area contributed by atoms with Gasteiger partial charge < -0.3 is 15.4 Å². The molecule has 2 N–H and O–H groups in total. The lowest BCUT2D eigenvalue weighted by atomic mass is 9.96. The molecule has 26 heavy (non-hydrogen) atoms. The number of ether oxygens (including phenoxy) is 1. The normalized spacial score (nSPS) is 15.6. The Morgan fingerprint density at radius 2 is 1.65 bits per heavy atom. The molecule has 0 unspecified atom stereocenters. The van der Waals surface area contributed by atoms with Crippen LogP contribution in [-0.2, 0) is 15.0 Å². The third kappa shape index (κ3) is 4.63. The second-order valence-electron chi connectivity index (χ2n) is 6.76. The molecule has 0 radical (unpaired) electrons. The Labute approximate surface area is 153 Å². The van der Waals surface area contributed by atoms with Crippen molar-refractivity contribution in [2.45, 2.75) is 31.2 Å². The van der Waals surface area contributed by atoms with Gasteiger partial charge in [0.25, 0.3) is 5.91 Å². The van der Waals surface area contributed by atoms with E-state index < -0.39 is 6.04 Å². The Kier molecular flexibility index (Phi) is 5.56. The Bertz CT molecular complexity index is 742. The molecule has 1 aliphatic carbocycles. The predicted octanol–water partition coefficient (Wildman–Crippen LogP) is 2.42. The maximum absolute atomic E-state index is 12.3. The molecule has 5 heteroatoms. The highest BCUT2D eigenvalue weighted by Crippen LogP contribution is 2.47. The van der Waals surface area contributed by atoms with Gasteiger partial charge in [0.15, 0.2) is 6.61 Å². The lowest BCUT2D eigenvalue weighted by Crippen LogP contribution is -2.47. The summed E-state index contributed by atoms with van der Waals surface area (Å²) in [6.07, 6.45) is 2.14. The molecule has 0 heterocycles. The van der Waals surface area contributed by atoms with Gasteiger partial charge in [0, 0.05) is 12.0 Å². The van der Waals surface area contributed by atoms with Gasteiger partial charge in [-0.05, 0) is 37.5 Å². The molecule has 0 aromatic heterocycles. The minimum Gasteiger partial charge on any atom is -0.484 e. The average Bonchev–Trinajstić information content (AvgIpc) is 3.47. The molecule has 136 valence electrons. The average molecular weight is 352 g/mol. The summed E-state index contributed by atoms with van der Waals surface area (Å²) in [6, 6.07) is 18.7.